The van der Waals surface area contributed by atoms with Gasteiger partial charge in [0.25, 0.3) is 17.2 Å². The number of para-hydroxylation sites is 1. The number of hydrogen-bond donors (Lipinski definition) is 2. The first-order valence-corrected chi connectivity index (χ1v) is 14.6. The molecule has 0 spiro atoms. The van der Waals surface area contributed by atoms with E-state index >= 15 is 0 Å². The predicted octanol–water partition coefficient (Wildman–Crippen LogP) is 5.35. The number of carbonyl (C=O) groups is 2. The number of amides is 2. The Hall–Kier alpha value is -4.47. The van der Waals surface area contributed by atoms with Crippen molar-refractivity contribution in [3.8, 4) is 16.9 Å². The molecule has 0 aliphatic heterocycles. The Bertz CT molecular complexity index is 1490. The minimum Gasteiger partial charge on any atom is -0.380 e. The van der Waals surface area contributed by atoms with E-state index in [9.17, 15) is 18.4 Å². The maximum absolute atomic E-state index is 13.2. The van der Waals surface area contributed by atoms with Crippen LogP contribution in [0.15, 0.2) is 103 Å². The molecule has 2 amide bonds. The largest absolute Gasteiger partial charge is 0.380 e. The van der Waals surface area contributed by atoms with Gasteiger partial charge in [-0.3, -0.25) is 18.4 Å². The van der Waals surface area contributed by atoms with Crippen molar-refractivity contribution in [2.45, 2.75) is 32.2 Å². The van der Waals surface area contributed by atoms with Gasteiger partial charge >= 0.3 is 0 Å². The molecule has 4 aromatic rings. The standard InChI is InChI=1S/C33H35N3O5S/c1-24-9-20-29(21-10-24)36(42(39)40)31(33(38)35(2)3)23-26-13-18-28(19-14-26)27-16-11-25(12-17-27)15-22-32(37)34-41-30-7-5-4-6-8-30/h4-14,16-21,31H,15,22-23H2,1-3H3,(H,34,37)(H,39,40). The fourth-order valence-electron chi connectivity index (χ4n) is 4.47. The van der Waals surface area contributed by atoms with Crippen molar-refractivity contribution in [1.82, 2.24) is 10.4 Å². The molecule has 4 aromatic carbocycles. The maximum Gasteiger partial charge on any atom is 0.262 e. The van der Waals surface area contributed by atoms with Crippen LogP contribution in [0.1, 0.15) is 23.1 Å². The minimum absolute atomic E-state index is 0.199. The molecule has 0 aliphatic carbocycles. The summed E-state index contributed by atoms with van der Waals surface area (Å²) in [7, 11) is 3.28. The van der Waals surface area contributed by atoms with Gasteiger partial charge in [0.2, 0.25) is 5.91 Å². The monoisotopic (exact) mass is 585 g/mol. The normalized spacial score (nSPS) is 12.2. The van der Waals surface area contributed by atoms with Crippen molar-refractivity contribution in [3.05, 3.63) is 120 Å². The van der Waals surface area contributed by atoms with Crippen LogP contribution in [0.25, 0.3) is 11.1 Å². The molecule has 8 nitrogen and oxygen atoms in total. The Balaban J connectivity index is 1.40. The fraction of sp³-hybridized carbons (Fsp3) is 0.212. The van der Waals surface area contributed by atoms with E-state index in [4.69, 9.17) is 4.84 Å². The molecule has 2 atom stereocenters. The van der Waals surface area contributed by atoms with Crippen molar-refractivity contribution in [1.29, 1.82) is 0 Å². The van der Waals surface area contributed by atoms with Gasteiger partial charge < -0.3 is 9.74 Å². The molecule has 2 N–H and O–H groups in total. The molecule has 0 bridgehead atoms. The van der Waals surface area contributed by atoms with E-state index in [0.717, 1.165) is 27.8 Å². The second-order valence-corrected chi connectivity index (χ2v) is 11.0. The third-order valence-corrected chi connectivity index (χ3v) is 7.60. The van der Waals surface area contributed by atoms with Gasteiger partial charge in [0.1, 0.15) is 6.04 Å². The second-order valence-electron chi connectivity index (χ2n) is 10.2. The number of anilines is 1. The zero-order valence-corrected chi connectivity index (χ0v) is 24.7. The Labute approximate surface area is 249 Å². The lowest BCUT2D eigenvalue weighted by Crippen LogP contribution is -2.48. The van der Waals surface area contributed by atoms with E-state index in [2.05, 4.69) is 5.48 Å². The lowest BCUT2D eigenvalue weighted by molar-refractivity contribution is -0.130. The smallest absolute Gasteiger partial charge is 0.262 e. The number of likely N-dealkylation sites (N-methyl/N-ethyl adjacent to an activating group) is 1. The van der Waals surface area contributed by atoms with Crippen LogP contribution in [-0.2, 0) is 33.7 Å². The van der Waals surface area contributed by atoms with Crippen molar-refractivity contribution in [2.75, 3.05) is 18.4 Å². The molecule has 9 heteroatoms. The molecule has 42 heavy (non-hydrogen) atoms. The number of nitrogens with one attached hydrogen (secondary N) is 1. The molecule has 2 unspecified atom stereocenters. The van der Waals surface area contributed by atoms with Crippen LogP contribution in [0, 0.1) is 6.92 Å². The van der Waals surface area contributed by atoms with E-state index in [-0.39, 0.29) is 18.2 Å². The summed E-state index contributed by atoms with van der Waals surface area (Å²) < 4.78 is 23.8. The first kappa shape index (κ1) is 30.5. The average Bonchev–Trinajstić information content (AvgIpc) is 3.00. The number of benzene rings is 4. The lowest BCUT2D eigenvalue weighted by atomic mass is 9.98. The third-order valence-electron chi connectivity index (χ3n) is 6.80. The minimum atomic E-state index is -2.40. The lowest BCUT2D eigenvalue weighted by Gasteiger charge is -2.31. The molecule has 0 radical (unpaired) electrons. The van der Waals surface area contributed by atoms with Crippen molar-refractivity contribution >= 4 is 28.8 Å². The molecule has 0 fully saturated rings. The predicted molar refractivity (Wildman–Crippen MR) is 166 cm³/mol. The fourth-order valence-corrected chi connectivity index (χ4v) is 5.16. The van der Waals surface area contributed by atoms with E-state index in [1.54, 1.807) is 38.4 Å². The number of carbonyl (C=O) groups excluding carboxylic acids is 2. The molecule has 0 aliphatic rings. The van der Waals surface area contributed by atoms with E-state index in [0.29, 0.717) is 24.3 Å². The number of rotatable bonds is 12. The Morgan fingerprint density at radius 3 is 1.95 bits per heavy atom. The highest BCUT2D eigenvalue weighted by Gasteiger charge is 2.31. The summed E-state index contributed by atoms with van der Waals surface area (Å²) in [5.41, 5.74) is 7.88. The molecular formula is C33H35N3O5S. The number of nitrogens with zero attached hydrogens (tertiary/aromatic N) is 2. The van der Waals surface area contributed by atoms with Gasteiger partial charge in [-0.25, -0.2) is 4.21 Å². The van der Waals surface area contributed by atoms with Gasteiger partial charge in [-0.15, -0.1) is 0 Å². The molecule has 0 saturated heterocycles. The SMILES string of the molecule is Cc1ccc(N(C(Cc2ccc(-c3ccc(CCC(=O)NOc4ccccc4)cc3)cc2)C(=O)N(C)C)S(=O)O)cc1. The van der Waals surface area contributed by atoms with E-state index < -0.39 is 17.3 Å². The van der Waals surface area contributed by atoms with Crippen molar-refractivity contribution < 1.29 is 23.2 Å². The van der Waals surface area contributed by atoms with Gasteiger partial charge in [0, 0.05) is 26.9 Å². The summed E-state index contributed by atoms with van der Waals surface area (Å²) in [5.74, 6) is 0.112. The number of hydrogen-bond acceptors (Lipinski definition) is 4. The Morgan fingerprint density at radius 2 is 1.40 bits per heavy atom. The van der Waals surface area contributed by atoms with Crippen LogP contribution in [0.5, 0.6) is 5.75 Å². The van der Waals surface area contributed by atoms with Gasteiger partial charge in [-0.1, -0.05) is 84.4 Å². The molecule has 0 saturated carbocycles. The van der Waals surface area contributed by atoms with Crippen molar-refractivity contribution in [2.24, 2.45) is 0 Å². The van der Waals surface area contributed by atoms with Gasteiger partial charge in [-0.05, 0) is 59.9 Å². The first-order valence-electron chi connectivity index (χ1n) is 13.6. The highest BCUT2D eigenvalue weighted by molar-refractivity contribution is 7.80. The molecule has 0 aromatic heterocycles. The topological polar surface area (TPSA) is 99.2 Å². The summed E-state index contributed by atoms with van der Waals surface area (Å²) in [4.78, 5) is 32.0. The average molecular weight is 586 g/mol. The Kier molecular flexibility index (Phi) is 10.5. The first-order chi connectivity index (χ1) is 20.2. The second kappa shape index (κ2) is 14.4. The number of aryl methyl sites for hydroxylation is 2. The highest BCUT2D eigenvalue weighted by Crippen LogP contribution is 2.25. The molecule has 4 rings (SSSR count). The maximum atomic E-state index is 13.2. The third kappa shape index (κ3) is 8.28. The van der Waals surface area contributed by atoms with Crippen LogP contribution in [-0.4, -0.2) is 45.6 Å². The van der Waals surface area contributed by atoms with Crippen LogP contribution < -0.4 is 14.6 Å². The van der Waals surface area contributed by atoms with Gasteiger partial charge in [0.15, 0.2) is 5.75 Å². The zero-order chi connectivity index (χ0) is 30.1. The molecule has 0 heterocycles. The summed E-state index contributed by atoms with van der Waals surface area (Å²) in [6.45, 7) is 1.93. The van der Waals surface area contributed by atoms with E-state index in [1.165, 1.54) is 9.21 Å². The van der Waals surface area contributed by atoms with Crippen LogP contribution in [0.2, 0.25) is 0 Å². The van der Waals surface area contributed by atoms with Crippen LogP contribution >= 0.6 is 0 Å². The van der Waals surface area contributed by atoms with Crippen molar-refractivity contribution in [3.63, 3.8) is 0 Å². The van der Waals surface area contributed by atoms with Crippen LogP contribution in [0.3, 0.4) is 0 Å². The number of hydroxylamine groups is 1. The Morgan fingerprint density at radius 1 is 0.833 bits per heavy atom. The van der Waals surface area contributed by atoms with Crippen LogP contribution in [0.4, 0.5) is 5.69 Å². The summed E-state index contributed by atoms with van der Waals surface area (Å²) >= 11 is -2.40. The summed E-state index contributed by atoms with van der Waals surface area (Å²) in [5, 5.41) is 0. The highest BCUT2D eigenvalue weighted by atomic mass is 32.2. The summed E-state index contributed by atoms with van der Waals surface area (Å²) in [6.07, 6.45) is 1.13. The summed E-state index contributed by atoms with van der Waals surface area (Å²) in [6, 6.07) is 31.2. The molecular weight excluding hydrogens is 550 g/mol. The van der Waals surface area contributed by atoms with Gasteiger partial charge in [0.05, 0.1) is 5.69 Å². The quantitative estimate of drug-likeness (QED) is 0.173. The van der Waals surface area contributed by atoms with Gasteiger partial charge in [-0.2, -0.15) is 5.48 Å². The van der Waals surface area contributed by atoms with E-state index in [1.807, 2.05) is 85.8 Å². The zero-order valence-electron chi connectivity index (χ0n) is 23.9. The molecule has 218 valence electrons.